The van der Waals surface area contributed by atoms with Gasteiger partial charge >= 0.3 is 5.97 Å². The minimum Gasteiger partial charge on any atom is -0.478 e. The molecule has 0 atom stereocenters. The van der Waals surface area contributed by atoms with Crippen LogP contribution in [0, 0.1) is 0 Å². The Hall–Kier alpha value is -2.15. The Morgan fingerprint density at radius 2 is 2.25 bits per heavy atom. The zero-order chi connectivity index (χ0) is 14.7. The van der Waals surface area contributed by atoms with Crippen LogP contribution < -0.4 is 5.32 Å². The Labute approximate surface area is 120 Å². The molecule has 2 aromatic rings. The second kappa shape index (κ2) is 5.87. The van der Waals surface area contributed by atoms with Gasteiger partial charge < -0.3 is 10.4 Å². The van der Waals surface area contributed by atoms with Gasteiger partial charge in [0.1, 0.15) is 0 Å². The molecule has 20 heavy (non-hydrogen) atoms. The van der Waals surface area contributed by atoms with E-state index in [2.05, 4.69) is 10.4 Å². The van der Waals surface area contributed by atoms with Crippen molar-refractivity contribution in [3.05, 3.63) is 34.3 Å². The standard InChI is InChI=1S/C13H15N3O3S/c1-8(2)16-6-10(5-14-16)15-12(17)4-11-3-9(7-20-11)13(18)19/h3,5-8H,4H2,1-2H3,(H,15,17)(H,18,19). The number of thiophene rings is 1. The van der Waals surface area contributed by atoms with Gasteiger partial charge in [-0.25, -0.2) is 4.79 Å². The molecule has 0 unspecified atom stereocenters. The SMILES string of the molecule is CC(C)n1cc(NC(=O)Cc2cc(C(=O)O)cs2)cn1. The topological polar surface area (TPSA) is 84.2 Å². The molecule has 6 nitrogen and oxygen atoms in total. The summed E-state index contributed by atoms with van der Waals surface area (Å²) in [5.41, 5.74) is 0.851. The predicted octanol–water partition coefficient (Wildman–Crippen LogP) is 2.40. The van der Waals surface area contributed by atoms with Crippen LogP contribution in [-0.4, -0.2) is 26.8 Å². The molecule has 0 bridgehead atoms. The lowest BCUT2D eigenvalue weighted by atomic mass is 10.2. The number of carboxylic acids is 1. The Morgan fingerprint density at radius 1 is 1.50 bits per heavy atom. The summed E-state index contributed by atoms with van der Waals surface area (Å²) in [6.07, 6.45) is 3.51. The lowest BCUT2D eigenvalue weighted by molar-refractivity contribution is -0.115. The highest BCUT2D eigenvalue weighted by Crippen LogP contribution is 2.16. The molecule has 1 amide bonds. The number of rotatable bonds is 5. The largest absolute Gasteiger partial charge is 0.478 e. The fraction of sp³-hybridized carbons (Fsp3) is 0.308. The maximum absolute atomic E-state index is 11.9. The van der Waals surface area contributed by atoms with Gasteiger partial charge in [0.25, 0.3) is 0 Å². The zero-order valence-corrected chi connectivity index (χ0v) is 12.0. The number of carbonyl (C=O) groups excluding carboxylic acids is 1. The third kappa shape index (κ3) is 3.45. The van der Waals surface area contributed by atoms with Crippen LogP contribution in [0.2, 0.25) is 0 Å². The molecule has 0 aliphatic carbocycles. The quantitative estimate of drug-likeness (QED) is 0.886. The van der Waals surface area contributed by atoms with Crippen LogP contribution in [0.15, 0.2) is 23.8 Å². The maximum Gasteiger partial charge on any atom is 0.336 e. The summed E-state index contributed by atoms with van der Waals surface area (Å²) >= 11 is 1.26. The smallest absolute Gasteiger partial charge is 0.336 e. The van der Waals surface area contributed by atoms with Crippen molar-refractivity contribution in [1.29, 1.82) is 0 Å². The van der Waals surface area contributed by atoms with Crippen molar-refractivity contribution in [2.24, 2.45) is 0 Å². The van der Waals surface area contributed by atoms with Crippen molar-refractivity contribution in [1.82, 2.24) is 9.78 Å². The van der Waals surface area contributed by atoms with Crippen LogP contribution in [0.5, 0.6) is 0 Å². The van der Waals surface area contributed by atoms with Crippen LogP contribution in [0.25, 0.3) is 0 Å². The molecule has 0 aliphatic heterocycles. The minimum atomic E-state index is -0.980. The van der Waals surface area contributed by atoms with Gasteiger partial charge in [-0.15, -0.1) is 11.3 Å². The molecule has 0 saturated carbocycles. The number of anilines is 1. The summed E-state index contributed by atoms with van der Waals surface area (Å²) in [5, 5.41) is 17.2. The van der Waals surface area contributed by atoms with Gasteiger partial charge in [0.2, 0.25) is 5.91 Å². The van der Waals surface area contributed by atoms with Crippen LogP contribution in [0.4, 0.5) is 5.69 Å². The Kier molecular flexibility index (Phi) is 4.19. The van der Waals surface area contributed by atoms with Crippen molar-refractivity contribution in [3.63, 3.8) is 0 Å². The number of carbonyl (C=O) groups is 2. The first-order valence-electron chi connectivity index (χ1n) is 6.10. The lowest BCUT2D eigenvalue weighted by Crippen LogP contribution is -2.13. The highest BCUT2D eigenvalue weighted by molar-refractivity contribution is 7.10. The van der Waals surface area contributed by atoms with Gasteiger partial charge in [0.05, 0.1) is 23.9 Å². The zero-order valence-electron chi connectivity index (χ0n) is 11.2. The van der Waals surface area contributed by atoms with Gasteiger partial charge in [0, 0.05) is 22.5 Å². The molecule has 0 aliphatic rings. The molecule has 0 saturated heterocycles. The van der Waals surface area contributed by atoms with E-state index in [0.29, 0.717) is 5.69 Å². The number of nitrogens with zero attached hydrogens (tertiary/aromatic N) is 2. The molecular formula is C13H15N3O3S. The monoisotopic (exact) mass is 293 g/mol. The van der Waals surface area contributed by atoms with E-state index >= 15 is 0 Å². The molecule has 0 spiro atoms. The van der Waals surface area contributed by atoms with Gasteiger partial charge in [-0.05, 0) is 19.9 Å². The fourth-order valence-corrected chi connectivity index (χ4v) is 2.49. The third-order valence-corrected chi connectivity index (χ3v) is 3.59. The highest BCUT2D eigenvalue weighted by Gasteiger charge is 2.11. The van der Waals surface area contributed by atoms with E-state index < -0.39 is 5.97 Å². The van der Waals surface area contributed by atoms with Crippen LogP contribution in [0.3, 0.4) is 0 Å². The Morgan fingerprint density at radius 3 is 2.80 bits per heavy atom. The normalized spacial score (nSPS) is 10.8. The van der Waals surface area contributed by atoms with Crippen LogP contribution >= 0.6 is 11.3 Å². The van der Waals surface area contributed by atoms with Crippen molar-refractivity contribution in [3.8, 4) is 0 Å². The summed E-state index contributed by atoms with van der Waals surface area (Å²) in [5.74, 6) is -1.17. The van der Waals surface area contributed by atoms with E-state index in [-0.39, 0.29) is 23.9 Å². The van der Waals surface area contributed by atoms with Crippen molar-refractivity contribution >= 4 is 28.9 Å². The van der Waals surface area contributed by atoms with Crippen LogP contribution in [0.1, 0.15) is 35.1 Å². The first-order valence-corrected chi connectivity index (χ1v) is 6.98. The first-order chi connectivity index (χ1) is 9.45. The number of nitrogens with one attached hydrogen (secondary N) is 1. The molecule has 2 aromatic heterocycles. The number of carboxylic acid groups (broad SMARTS) is 1. The molecule has 2 N–H and O–H groups in total. The van der Waals surface area contributed by atoms with E-state index in [1.807, 2.05) is 13.8 Å². The van der Waals surface area contributed by atoms with Gasteiger partial charge in [-0.1, -0.05) is 0 Å². The molecular weight excluding hydrogens is 278 g/mol. The number of hydrogen-bond acceptors (Lipinski definition) is 4. The number of aromatic carboxylic acids is 1. The summed E-state index contributed by atoms with van der Waals surface area (Å²) in [6, 6.07) is 1.75. The molecule has 0 fully saturated rings. The first kappa shape index (κ1) is 14.3. The van der Waals surface area contributed by atoms with Crippen LogP contribution in [-0.2, 0) is 11.2 Å². The molecule has 2 rings (SSSR count). The molecule has 106 valence electrons. The van der Waals surface area contributed by atoms with E-state index in [0.717, 1.165) is 4.88 Å². The number of amides is 1. The van der Waals surface area contributed by atoms with Gasteiger partial charge in [0.15, 0.2) is 0 Å². The lowest BCUT2D eigenvalue weighted by Gasteiger charge is -2.03. The van der Waals surface area contributed by atoms with E-state index in [1.54, 1.807) is 17.1 Å². The van der Waals surface area contributed by atoms with Crippen molar-refractivity contribution < 1.29 is 14.7 Å². The number of aromatic nitrogens is 2. The third-order valence-electron chi connectivity index (χ3n) is 2.65. The highest BCUT2D eigenvalue weighted by atomic mass is 32.1. The Bertz CT molecular complexity index is 630. The summed E-state index contributed by atoms with van der Waals surface area (Å²) < 4.78 is 1.75. The number of hydrogen-bond donors (Lipinski definition) is 2. The second-order valence-electron chi connectivity index (χ2n) is 4.63. The van der Waals surface area contributed by atoms with Gasteiger partial charge in [-0.3, -0.25) is 9.48 Å². The molecule has 7 heteroatoms. The summed E-state index contributed by atoms with van der Waals surface area (Å²) in [4.78, 5) is 23.3. The minimum absolute atomic E-state index is 0.158. The fourth-order valence-electron chi connectivity index (χ4n) is 1.63. The van der Waals surface area contributed by atoms with E-state index in [1.165, 1.54) is 22.8 Å². The Balaban J connectivity index is 1.95. The summed E-state index contributed by atoms with van der Waals surface area (Å²) in [6.45, 7) is 4.00. The van der Waals surface area contributed by atoms with E-state index in [9.17, 15) is 9.59 Å². The maximum atomic E-state index is 11.9. The summed E-state index contributed by atoms with van der Waals surface area (Å²) in [7, 11) is 0. The average Bonchev–Trinajstić information content (AvgIpc) is 2.98. The molecule has 0 aromatic carbocycles. The van der Waals surface area contributed by atoms with Crippen molar-refractivity contribution in [2.75, 3.05) is 5.32 Å². The van der Waals surface area contributed by atoms with Gasteiger partial charge in [-0.2, -0.15) is 5.10 Å². The molecule has 2 heterocycles. The second-order valence-corrected chi connectivity index (χ2v) is 5.63. The van der Waals surface area contributed by atoms with E-state index in [4.69, 9.17) is 5.11 Å². The predicted molar refractivity (Wildman–Crippen MR) is 76.2 cm³/mol. The van der Waals surface area contributed by atoms with Crippen molar-refractivity contribution in [2.45, 2.75) is 26.3 Å². The molecule has 0 radical (unpaired) electrons. The average molecular weight is 293 g/mol.